The smallest absolute Gasteiger partial charge is 0.228 e. The molecule has 1 aliphatic heterocycles. The summed E-state index contributed by atoms with van der Waals surface area (Å²) in [5, 5.41) is 1.08. The maximum absolute atomic E-state index is 13.4. The Balaban J connectivity index is 1.48. The van der Waals surface area contributed by atoms with Gasteiger partial charge in [0.1, 0.15) is 11.3 Å². The van der Waals surface area contributed by atoms with Crippen LogP contribution in [0.5, 0.6) is 5.75 Å². The van der Waals surface area contributed by atoms with Crippen molar-refractivity contribution in [2.24, 2.45) is 0 Å². The molecule has 0 spiro atoms. The van der Waals surface area contributed by atoms with E-state index in [4.69, 9.17) is 26.1 Å². The van der Waals surface area contributed by atoms with Crippen LogP contribution >= 0.6 is 22.9 Å². The number of methoxy groups -OCH3 is 1. The number of halogens is 1. The zero-order chi connectivity index (χ0) is 26.4. The quantitative estimate of drug-likeness (QED) is 0.336. The average molecular weight is 566 g/mol. The minimum atomic E-state index is -3.47. The molecule has 8 nitrogen and oxygen atoms in total. The first-order valence-corrected chi connectivity index (χ1v) is 15.2. The number of anilines is 1. The van der Waals surface area contributed by atoms with Crippen LogP contribution in [-0.4, -0.2) is 76.5 Å². The van der Waals surface area contributed by atoms with Crippen LogP contribution in [0.4, 0.5) is 5.13 Å². The van der Waals surface area contributed by atoms with Crippen LogP contribution in [-0.2, 0) is 19.4 Å². The minimum absolute atomic E-state index is 0.0943. The SMILES string of the molecule is COc1ccc(Cl)c2sc(N(CCCN3CCOCC3)C(=O)CCCS(=O)(=O)c3ccc(C)cc3)nc12. The number of rotatable bonds is 11. The largest absolute Gasteiger partial charge is 0.494 e. The highest BCUT2D eigenvalue weighted by Gasteiger charge is 2.23. The van der Waals surface area contributed by atoms with Gasteiger partial charge in [-0.25, -0.2) is 13.4 Å². The highest BCUT2D eigenvalue weighted by Crippen LogP contribution is 2.39. The molecule has 0 atom stereocenters. The Hall–Kier alpha value is -2.24. The van der Waals surface area contributed by atoms with E-state index in [-0.39, 0.29) is 29.4 Å². The standard InChI is InChI=1S/C26H32ClN3O5S2/c1-19-6-8-20(9-7-19)37(32,33)18-3-5-23(31)30(13-4-12-29-14-16-35-17-15-29)26-28-24-22(34-2)11-10-21(27)25(24)36-26/h6-11H,3-5,12-18H2,1-2H3. The Morgan fingerprint density at radius 3 is 2.59 bits per heavy atom. The van der Waals surface area contributed by atoms with Gasteiger partial charge < -0.3 is 9.47 Å². The van der Waals surface area contributed by atoms with Crippen molar-refractivity contribution in [1.29, 1.82) is 0 Å². The second-order valence-corrected chi connectivity index (χ2v) is 12.5. The summed E-state index contributed by atoms with van der Waals surface area (Å²) >= 11 is 7.76. The molecule has 2 heterocycles. The number of aryl methyl sites for hydroxylation is 1. The van der Waals surface area contributed by atoms with E-state index >= 15 is 0 Å². The van der Waals surface area contributed by atoms with Gasteiger partial charge in [0.2, 0.25) is 5.91 Å². The third-order valence-electron chi connectivity index (χ3n) is 6.34. The lowest BCUT2D eigenvalue weighted by molar-refractivity contribution is -0.118. The highest BCUT2D eigenvalue weighted by molar-refractivity contribution is 7.91. The first-order valence-electron chi connectivity index (χ1n) is 12.3. The molecule has 0 radical (unpaired) electrons. The van der Waals surface area contributed by atoms with Gasteiger partial charge in [0, 0.05) is 32.6 Å². The number of morpholine rings is 1. The third kappa shape index (κ3) is 7.00. The summed E-state index contributed by atoms with van der Waals surface area (Å²) in [5.74, 6) is 0.338. The van der Waals surface area contributed by atoms with Gasteiger partial charge in [-0.3, -0.25) is 14.6 Å². The summed E-state index contributed by atoms with van der Waals surface area (Å²) in [6.07, 6.45) is 1.08. The molecule has 0 N–H and O–H groups in total. The van der Waals surface area contributed by atoms with Gasteiger partial charge in [-0.15, -0.1) is 0 Å². The summed E-state index contributed by atoms with van der Waals surface area (Å²) in [5.41, 5.74) is 1.61. The van der Waals surface area contributed by atoms with Crippen molar-refractivity contribution >= 4 is 54.0 Å². The summed E-state index contributed by atoms with van der Waals surface area (Å²) in [6.45, 7) is 6.40. The predicted molar refractivity (Wildman–Crippen MR) is 148 cm³/mol. The molecule has 1 aromatic heterocycles. The number of benzene rings is 2. The summed E-state index contributed by atoms with van der Waals surface area (Å²) in [4.78, 5) is 22.4. The Bertz CT molecular complexity index is 1320. The number of fused-ring (bicyclic) bond motifs is 1. The first kappa shape index (κ1) is 27.8. The number of carbonyl (C=O) groups excluding carboxylic acids is 1. The highest BCUT2D eigenvalue weighted by atomic mass is 35.5. The number of hydrogen-bond acceptors (Lipinski definition) is 8. The fourth-order valence-corrected chi connectivity index (χ4v) is 6.85. The van der Waals surface area contributed by atoms with E-state index in [2.05, 4.69) is 4.90 Å². The van der Waals surface area contributed by atoms with Gasteiger partial charge in [0.05, 0.1) is 40.7 Å². The maximum Gasteiger partial charge on any atom is 0.228 e. The number of nitrogens with zero attached hydrogens (tertiary/aromatic N) is 3. The van der Waals surface area contributed by atoms with Crippen LogP contribution in [0.1, 0.15) is 24.8 Å². The number of aromatic nitrogens is 1. The van der Waals surface area contributed by atoms with Crippen molar-refractivity contribution < 1.29 is 22.7 Å². The Morgan fingerprint density at radius 1 is 1.16 bits per heavy atom. The Morgan fingerprint density at radius 2 is 1.89 bits per heavy atom. The van der Waals surface area contributed by atoms with E-state index in [1.807, 2.05) is 6.92 Å². The molecular formula is C26H32ClN3O5S2. The molecule has 2 aromatic carbocycles. The molecule has 3 aromatic rings. The Kier molecular flexibility index (Phi) is 9.41. The van der Waals surface area contributed by atoms with E-state index < -0.39 is 9.84 Å². The molecule has 1 amide bonds. The van der Waals surface area contributed by atoms with E-state index in [1.165, 1.54) is 11.3 Å². The third-order valence-corrected chi connectivity index (χ3v) is 9.70. The minimum Gasteiger partial charge on any atom is -0.494 e. The van der Waals surface area contributed by atoms with Crippen molar-refractivity contribution in [3.05, 3.63) is 47.0 Å². The van der Waals surface area contributed by atoms with Crippen LogP contribution in [0.2, 0.25) is 5.02 Å². The molecule has 0 aliphatic carbocycles. The number of amides is 1. The van der Waals surface area contributed by atoms with E-state index in [0.717, 1.165) is 36.3 Å². The maximum atomic E-state index is 13.4. The van der Waals surface area contributed by atoms with Crippen LogP contribution < -0.4 is 9.64 Å². The van der Waals surface area contributed by atoms with E-state index in [1.54, 1.807) is 48.4 Å². The van der Waals surface area contributed by atoms with Gasteiger partial charge in [-0.1, -0.05) is 40.6 Å². The molecule has 11 heteroatoms. The van der Waals surface area contributed by atoms with Crippen LogP contribution in [0.15, 0.2) is 41.3 Å². The molecule has 1 fully saturated rings. The van der Waals surface area contributed by atoms with E-state index in [9.17, 15) is 13.2 Å². The number of sulfone groups is 1. The average Bonchev–Trinajstić information content (AvgIpc) is 3.33. The summed E-state index contributed by atoms with van der Waals surface area (Å²) < 4.78 is 37.1. The molecule has 200 valence electrons. The molecule has 4 rings (SSSR count). The lowest BCUT2D eigenvalue weighted by Gasteiger charge is -2.27. The fraction of sp³-hybridized carbons (Fsp3) is 0.462. The molecule has 0 bridgehead atoms. The summed E-state index contributed by atoms with van der Waals surface area (Å²) in [6, 6.07) is 10.3. The van der Waals surface area contributed by atoms with E-state index in [0.29, 0.717) is 41.2 Å². The lowest BCUT2D eigenvalue weighted by atomic mass is 10.2. The zero-order valence-corrected chi connectivity index (χ0v) is 23.5. The molecular weight excluding hydrogens is 534 g/mol. The van der Waals surface area contributed by atoms with Crippen molar-refractivity contribution in [1.82, 2.24) is 9.88 Å². The van der Waals surface area contributed by atoms with Gasteiger partial charge in [-0.2, -0.15) is 0 Å². The number of thiazole rings is 1. The van der Waals surface area contributed by atoms with Crippen molar-refractivity contribution in [3.63, 3.8) is 0 Å². The Labute approximate surface area is 227 Å². The van der Waals surface area contributed by atoms with Gasteiger partial charge >= 0.3 is 0 Å². The second kappa shape index (κ2) is 12.5. The molecule has 1 saturated heterocycles. The van der Waals surface area contributed by atoms with Crippen molar-refractivity contribution in [2.45, 2.75) is 31.1 Å². The fourth-order valence-electron chi connectivity index (χ4n) is 4.24. The monoisotopic (exact) mass is 565 g/mol. The molecule has 0 saturated carbocycles. The van der Waals surface area contributed by atoms with Crippen molar-refractivity contribution in [2.75, 3.05) is 57.2 Å². The second-order valence-electron chi connectivity index (χ2n) is 9.01. The van der Waals surface area contributed by atoms with Crippen molar-refractivity contribution in [3.8, 4) is 5.75 Å². The molecule has 37 heavy (non-hydrogen) atoms. The lowest BCUT2D eigenvalue weighted by Crippen LogP contribution is -2.39. The summed E-state index contributed by atoms with van der Waals surface area (Å²) in [7, 11) is -1.90. The predicted octanol–water partition coefficient (Wildman–Crippen LogP) is 4.58. The molecule has 0 unspecified atom stereocenters. The van der Waals surface area contributed by atoms with Gasteiger partial charge in [0.25, 0.3) is 0 Å². The van der Waals surface area contributed by atoms with Crippen LogP contribution in [0.3, 0.4) is 0 Å². The molecule has 1 aliphatic rings. The van der Waals surface area contributed by atoms with Gasteiger partial charge in [-0.05, 0) is 44.0 Å². The first-order chi connectivity index (χ1) is 17.8. The normalized spacial score (nSPS) is 14.7. The number of ether oxygens (including phenoxy) is 2. The van der Waals surface area contributed by atoms with Gasteiger partial charge in [0.15, 0.2) is 15.0 Å². The topological polar surface area (TPSA) is 89.0 Å². The zero-order valence-electron chi connectivity index (χ0n) is 21.1. The number of carbonyl (C=O) groups is 1. The van der Waals surface area contributed by atoms with Crippen LogP contribution in [0.25, 0.3) is 10.2 Å². The number of hydrogen-bond donors (Lipinski definition) is 0. The van der Waals surface area contributed by atoms with Crippen LogP contribution in [0, 0.1) is 6.92 Å².